The number of nitrogens with zero attached hydrogens (tertiary/aromatic N) is 4. The SMILES string of the molecule is Cc1c(COc2cc(OCc3cncc(C#N)c3)c(C=O)cc2Cl)cccc1-c1cccc(COc2cc(OCc3cncc(C#N)c3)c(C=O)cc2Cl)c1C. The van der Waals surface area contributed by atoms with Crippen molar-refractivity contribution in [1.82, 2.24) is 9.97 Å². The van der Waals surface area contributed by atoms with Crippen molar-refractivity contribution in [1.29, 1.82) is 10.5 Å². The van der Waals surface area contributed by atoms with Crippen LogP contribution in [0, 0.1) is 36.5 Å². The fourth-order valence-corrected chi connectivity index (χ4v) is 6.36. The zero-order valence-corrected chi connectivity index (χ0v) is 31.7. The van der Waals surface area contributed by atoms with Gasteiger partial charge in [-0.25, -0.2) is 0 Å². The van der Waals surface area contributed by atoms with Crippen LogP contribution in [0.2, 0.25) is 10.0 Å². The Bertz CT molecular complexity index is 2350. The molecule has 0 saturated heterocycles. The second-order valence-electron chi connectivity index (χ2n) is 12.6. The first-order valence-corrected chi connectivity index (χ1v) is 17.9. The van der Waals surface area contributed by atoms with Crippen LogP contribution in [0.25, 0.3) is 11.1 Å². The van der Waals surface area contributed by atoms with Gasteiger partial charge in [-0.15, -0.1) is 0 Å². The summed E-state index contributed by atoms with van der Waals surface area (Å²) >= 11 is 13.1. The number of aldehydes is 2. The lowest BCUT2D eigenvalue weighted by Gasteiger charge is -2.18. The monoisotopic (exact) mass is 782 g/mol. The highest BCUT2D eigenvalue weighted by atomic mass is 35.5. The number of hydrogen-bond acceptors (Lipinski definition) is 10. The third kappa shape index (κ3) is 9.14. The molecule has 12 heteroatoms. The second kappa shape index (κ2) is 18.1. The molecule has 278 valence electrons. The number of rotatable bonds is 15. The van der Waals surface area contributed by atoms with Crippen molar-refractivity contribution in [3.63, 3.8) is 0 Å². The largest absolute Gasteiger partial charge is 0.488 e. The van der Waals surface area contributed by atoms with E-state index in [1.165, 1.54) is 24.5 Å². The van der Waals surface area contributed by atoms with E-state index >= 15 is 0 Å². The Balaban J connectivity index is 1.16. The molecule has 0 aliphatic carbocycles. The Labute approximate surface area is 333 Å². The molecule has 0 saturated carbocycles. The number of carbonyl (C=O) groups is 2. The van der Waals surface area contributed by atoms with Gasteiger partial charge in [0.1, 0.15) is 61.6 Å². The summed E-state index contributed by atoms with van der Waals surface area (Å²) in [5.74, 6) is 1.25. The number of halogens is 2. The summed E-state index contributed by atoms with van der Waals surface area (Å²) in [6.07, 6.45) is 7.41. The second-order valence-corrected chi connectivity index (χ2v) is 13.4. The summed E-state index contributed by atoms with van der Waals surface area (Å²) in [7, 11) is 0. The molecule has 56 heavy (non-hydrogen) atoms. The van der Waals surface area contributed by atoms with Crippen LogP contribution in [-0.4, -0.2) is 22.5 Å². The summed E-state index contributed by atoms with van der Waals surface area (Å²) in [6, 6.07) is 25.5. The van der Waals surface area contributed by atoms with Crippen LogP contribution in [0.4, 0.5) is 0 Å². The zero-order chi connectivity index (χ0) is 39.6. The first-order chi connectivity index (χ1) is 27.2. The van der Waals surface area contributed by atoms with Gasteiger partial charge < -0.3 is 18.9 Å². The van der Waals surface area contributed by atoms with Gasteiger partial charge in [0.2, 0.25) is 0 Å². The van der Waals surface area contributed by atoms with Gasteiger partial charge in [0.25, 0.3) is 0 Å². The molecule has 0 aliphatic heterocycles. The van der Waals surface area contributed by atoms with Crippen molar-refractivity contribution in [2.45, 2.75) is 40.3 Å². The van der Waals surface area contributed by atoms with E-state index in [9.17, 15) is 20.1 Å². The molecule has 10 nitrogen and oxygen atoms in total. The average Bonchev–Trinajstić information content (AvgIpc) is 3.22. The quantitative estimate of drug-likeness (QED) is 0.0923. The first kappa shape index (κ1) is 39.0. The van der Waals surface area contributed by atoms with Crippen molar-refractivity contribution in [2.75, 3.05) is 0 Å². The van der Waals surface area contributed by atoms with Gasteiger partial charge in [-0.05, 0) is 71.5 Å². The molecule has 0 fully saturated rings. The standard InChI is InChI=1S/C44H32Cl2N4O6/c1-27-33(25-55-43-13-41(35(21-51)11-39(43)45)53-23-31-9-29(15-47)17-49-19-31)5-3-7-37(27)38-8-4-6-34(28(38)2)26-56-44-14-42(36(22-52)12-40(44)46)54-24-32-10-30(16-48)18-50-20-32/h3-14,17-22H,23-26H2,1-2H3. The Kier molecular flexibility index (Phi) is 12.6. The van der Waals surface area contributed by atoms with Crippen LogP contribution >= 0.6 is 23.2 Å². The van der Waals surface area contributed by atoms with Gasteiger partial charge in [0, 0.05) is 48.0 Å². The van der Waals surface area contributed by atoms with E-state index in [4.69, 9.17) is 42.1 Å². The Hall–Kier alpha value is -6.72. The van der Waals surface area contributed by atoms with Crippen molar-refractivity contribution < 1.29 is 28.5 Å². The van der Waals surface area contributed by atoms with Crippen molar-refractivity contribution in [3.05, 3.63) is 163 Å². The summed E-state index contributed by atoms with van der Waals surface area (Å²) < 4.78 is 24.2. The van der Waals surface area contributed by atoms with Crippen molar-refractivity contribution >= 4 is 35.8 Å². The molecule has 6 rings (SSSR count). The Morgan fingerprint density at radius 1 is 0.571 bits per heavy atom. The number of carbonyl (C=O) groups excluding carboxylic acids is 2. The minimum atomic E-state index is 0.0858. The number of aromatic nitrogens is 2. The lowest BCUT2D eigenvalue weighted by Crippen LogP contribution is -2.04. The number of nitriles is 2. The minimum absolute atomic E-state index is 0.0858. The molecule has 0 bridgehead atoms. The van der Waals surface area contributed by atoms with E-state index < -0.39 is 0 Å². The van der Waals surface area contributed by atoms with E-state index in [2.05, 4.69) is 9.97 Å². The van der Waals surface area contributed by atoms with E-state index in [-0.39, 0.29) is 59.1 Å². The van der Waals surface area contributed by atoms with Crippen molar-refractivity contribution in [3.8, 4) is 46.3 Å². The average molecular weight is 784 g/mol. The van der Waals surface area contributed by atoms with Crippen LogP contribution in [0.15, 0.2) is 97.6 Å². The smallest absolute Gasteiger partial charge is 0.153 e. The molecule has 0 unspecified atom stereocenters. The molecular formula is C44H32Cl2N4O6. The van der Waals surface area contributed by atoms with Gasteiger partial charge in [-0.3, -0.25) is 19.6 Å². The molecule has 0 N–H and O–H groups in total. The number of benzene rings is 4. The molecule has 0 amide bonds. The van der Waals surface area contributed by atoms with Gasteiger partial charge in [0.05, 0.1) is 32.3 Å². The van der Waals surface area contributed by atoms with Crippen LogP contribution in [0.5, 0.6) is 23.0 Å². The summed E-state index contributed by atoms with van der Waals surface area (Å²) in [5.41, 5.74) is 8.51. The minimum Gasteiger partial charge on any atom is -0.488 e. The summed E-state index contributed by atoms with van der Waals surface area (Å²) in [5, 5.41) is 18.9. The summed E-state index contributed by atoms with van der Waals surface area (Å²) in [6.45, 7) is 4.59. The lowest BCUT2D eigenvalue weighted by atomic mass is 9.92. The fraction of sp³-hybridized carbons (Fsp3) is 0.136. The molecule has 4 aromatic carbocycles. The van der Waals surface area contributed by atoms with E-state index in [0.29, 0.717) is 46.3 Å². The molecular weight excluding hydrogens is 751 g/mol. The molecule has 2 aromatic heterocycles. The Morgan fingerprint density at radius 3 is 1.38 bits per heavy atom. The van der Waals surface area contributed by atoms with Gasteiger partial charge >= 0.3 is 0 Å². The van der Waals surface area contributed by atoms with Crippen molar-refractivity contribution in [2.24, 2.45) is 0 Å². The van der Waals surface area contributed by atoms with Crippen LogP contribution in [0.1, 0.15) is 65.2 Å². The molecule has 0 atom stereocenters. The number of ether oxygens (including phenoxy) is 4. The lowest BCUT2D eigenvalue weighted by molar-refractivity contribution is 0.111. The predicted molar refractivity (Wildman–Crippen MR) is 210 cm³/mol. The molecule has 6 aromatic rings. The zero-order valence-electron chi connectivity index (χ0n) is 30.2. The van der Waals surface area contributed by atoms with E-state index in [0.717, 1.165) is 33.4 Å². The van der Waals surface area contributed by atoms with Crippen LogP contribution < -0.4 is 18.9 Å². The number of pyridine rings is 2. The topological polar surface area (TPSA) is 144 Å². The molecule has 2 heterocycles. The van der Waals surface area contributed by atoms with E-state index in [1.807, 2.05) is 62.4 Å². The summed E-state index contributed by atoms with van der Waals surface area (Å²) in [4.78, 5) is 31.8. The first-order valence-electron chi connectivity index (χ1n) is 17.1. The fourth-order valence-electron chi connectivity index (χ4n) is 5.91. The normalized spacial score (nSPS) is 10.5. The predicted octanol–water partition coefficient (Wildman–Crippen LogP) is 9.75. The third-order valence-corrected chi connectivity index (χ3v) is 9.56. The van der Waals surface area contributed by atoms with E-state index in [1.54, 1.807) is 36.7 Å². The highest BCUT2D eigenvalue weighted by Gasteiger charge is 2.16. The van der Waals surface area contributed by atoms with Crippen LogP contribution in [-0.2, 0) is 26.4 Å². The van der Waals surface area contributed by atoms with Gasteiger partial charge in [-0.1, -0.05) is 59.6 Å². The molecule has 0 radical (unpaired) electrons. The maximum atomic E-state index is 11.8. The maximum Gasteiger partial charge on any atom is 0.153 e. The maximum absolute atomic E-state index is 11.8. The van der Waals surface area contributed by atoms with Gasteiger partial charge in [0.15, 0.2) is 12.6 Å². The molecule has 0 spiro atoms. The van der Waals surface area contributed by atoms with Gasteiger partial charge in [-0.2, -0.15) is 10.5 Å². The molecule has 0 aliphatic rings. The Morgan fingerprint density at radius 2 is 0.982 bits per heavy atom. The highest BCUT2D eigenvalue weighted by molar-refractivity contribution is 6.32. The number of hydrogen-bond donors (Lipinski definition) is 0. The third-order valence-electron chi connectivity index (χ3n) is 8.97. The highest BCUT2D eigenvalue weighted by Crippen LogP contribution is 2.36. The van der Waals surface area contributed by atoms with Crippen LogP contribution in [0.3, 0.4) is 0 Å².